The van der Waals surface area contributed by atoms with Gasteiger partial charge in [0.15, 0.2) is 0 Å². The molecule has 1 atom stereocenters. The van der Waals surface area contributed by atoms with E-state index >= 15 is 0 Å². The van der Waals surface area contributed by atoms with E-state index in [9.17, 15) is 9.18 Å². The summed E-state index contributed by atoms with van der Waals surface area (Å²) in [7, 11) is 0. The number of carbonyl (C=O) groups is 1. The molecule has 0 spiro atoms. The van der Waals surface area contributed by atoms with Crippen LogP contribution < -0.4 is 0 Å². The standard InChI is InChI=1S/C16H15FN4O3/c1-9-19-20-15(24-9)14-8-23-5-4-21(14)16(22)13-7-10-6-11(17)2-3-12(10)18-13/h2-3,6-7,14,18H,4-5,8H2,1H3/t14-/m1/s1. The molecule has 0 radical (unpaired) electrons. The summed E-state index contributed by atoms with van der Waals surface area (Å²) in [6, 6.07) is 5.56. The van der Waals surface area contributed by atoms with Crippen molar-refractivity contribution in [2.75, 3.05) is 19.8 Å². The highest BCUT2D eigenvalue weighted by Crippen LogP contribution is 2.26. The van der Waals surface area contributed by atoms with Crippen molar-refractivity contribution in [2.24, 2.45) is 0 Å². The molecule has 3 aromatic rings. The van der Waals surface area contributed by atoms with Crippen molar-refractivity contribution in [1.29, 1.82) is 0 Å². The van der Waals surface area contributed by atoms with E-state index in [-0.39, 0.29) is 11.7 Å². The largest absolute Gasteiger partial charge is 0.423 e. The number of rotatable bonds is 2. The maximum Gasteiger partial charge on any atom is 0.271 e. The van der Waals surface area contributed by atoms with Crippen LogP contribution in [0.1, 0.15) is 28.3 Å². The zero-order valence-electron chi connectivity index (χ0n) is 13.0. The molecule has 24 heavy (non-hydrogen) atoms. The van der Waals surface area contributed by atoms with Gasteiger partial charge in [-0.2, -0.15) is 0 Å². The molecule has 2 aromatic heterocycles. The number of fused-ring (bicyclic) bond motifs is 1. The summed E-state index contributed by atoms with van der Waals surface area (Å²) in [6.45, 7) is 2.83. The van der Waals surface area contributed by atoms with E-state index in [0.29, 0.717) is 48.1 Å². The van der Waals surface area contributed by atoms with Crippen LogP contribution in [0.25, 0.3) is 10.9 Å². The predicted octanol–water partition coefficient (Wildman–Crippen LogP) is 2.21. The molecule has 1 saturated heterocycles. The molecule has 1 aromatic carbocycles. The van der Waals surface area contributed by atoms with Crippen LogP contribution >= 0.6 is 0 Å². The number of aryl methyl sites for hydroxylation is 1. The first kappa shape index (κ1) is 14.8. The molecule has 0 saturated carbocycles. The van der Waals surface area contributed by atoms with E-state index in [1.54, 1.807) is 24.0 Å². The summed E-state index contributed by atoms with van der Waals surface area (Å²) < 4.78 is 24.2. The summed E-state index contributed by atoms with van der Waals surface area (Å²) in [5, 5.41) is 8.46. The molecule has 1 aliphatic heterocycles. The number of carbonyl (C=O) groups excluding carboxylic acids is 1. The van der Waals surface area contributed by atoms with Gasteiger partial charge in [-0.05, 0) is 24.3 Å². The average molecular weight is 330 g/mol. The van der Waals surface area contributed by atoms with Crippen molar-refractivity contribution in [3.05, 3.63) is 47.6 Å². The molecular formula is C16H15FN4O3. The lowest BCUT2D eigenvalue weighted by atomic mass is 10.2. The fraction of sp³-hybridized carbons (Fsp3) is 0.312. The number of hydrogen-bond donors (Lipinski definition) is 1. The number of amides is 1. The Labute approximate surface area is 136 Å². The van der Waals surface area contributed by atoms with Crippen LogP contribution in [-0.2, 0) is 4.74 Å². The third-order valence-electron chi connectivity index (χ3n) is 4.03. The Balaban J connectivity index is 1.67. The lowest BCUT2D eigenvalue weighted by molar-refractivity contribution is -0.0108. The molecule has 124 valence electrons. The number of ether oxygens (including phenoxy) is 1. The third kappa shape index (κ3) is 2.54. The molecule has 1 N–H and O–H groups in total. The van der Waals surface area contributed by atoms with Gasteiger partial charge in [0.2, 0.25) is 11.8 Å². The van der Waals surface area contributed by atoms with Gasteiger partial charge in [-0.1, -0.05) is 0 Å². The molecule has 3 heterocycles. The number of nitrogens with one attached hydrogen (secondary N) is 1. The topological polar surface area (TPSA) is 84.3 Å². The van der Waals surface area contributed by atoms with Crippen LogP contribution in [0.15, 0.2) is 28.7 Å². The van der Waals surface area contributed by atoms with Crippen LogP contribution in [0.2, 0.25) is 0 Å². The fourth-order valence-electron chi connectivity index (χ4n) is 2.87. The van der Waals surface area contributed by atoms with E-state index in [1.807, 2.05) is 0 Å². The van der Waals surface area contributed by atoms with Gasteiger partial charge in [-0.15, -0.1) is 10.2 Å². The normalized spacial score (nSPS) is 18.2. The lowest BCUT2D eigenvalue weighted by Gasteiger charge is -2.33. The highest BCUT2D eigenvalue weighted by Gasteiger charge is 2.33. The minimum Gasteiger partial charge on any atom is -0.423 e. The van der Waals surface area contributed by atoms with Gasteiger partial charge in [0, 0.05) is 24.4 Å². The minimum absolute atomic E-state index is 0.212. The highest BCUT2D eigenvalue weighted by atomic mass is 19.1. The van der Waals surface area contributed by atoms with Gasteiger partial charge in [0.25, 0.3) is 5.91 Å². The Morgan fingerprint density at radius 3 is 3.04 bits per heavy atom. The molecule has 1 aliphatic rings. The molecule has 0 bridgehead atoms. The van der Waals surface area contributed by atoms with E-state index < -0.39 is 6.04 Å². The summed E-state index contributed by atoms with van der Waals surface area (Å²) in [5.41, 5.74) is 1.09. The SMILES string of the molecule is Cc1nnc([C@H]2COCCN2C(=O)c2cc3cc(F)ccc3[nH]2)o1. The molecule has 4 rings (SSSR count). The first-order valence-electron chi connectivity index (χ1n) is 7.59. The number of benzene rings is 1. The van der Waals surface area contributed by atoms with Crippen molar-refractivity contribution in [3.8, 4) is 0 Å². The smallest absolute Gasteiger partial charge is 0.271 e. The van der Waals surface area contributed by atoms with Crippen molar-refractivity contribution in [1.82, 2.24) is 20.1 Å². The maximum absolute atomic E-state index is 13.3. The molecule has 1 amide bonds. The summed E-state index contributed by atoms with van der Waals surface area (Å²) in [4.78, 5) is 17.6. The second kappa shape index (κ2) is 5.72. The Bertz CT molecular complexity index is 904. The van der Waals surface area contributed by atoms with E-state index in [2.05, 4.69) is 15.2 Å². The van der Waals surface area contributed by atoms with Gasteiger partial charge in [-0.25, -0.2) is 4.39 Å². The summed E-state index contributed by atoms with van der Waals surface area (Å²) >= 11 is 0. The minimum atomic E-state index is -0.435. The lowest BCUT2D eigenvalue weighted by Crippen LogP contribution is -2.43. The van der Waals surface area contributed by atoms with Crippen molar-refractivity contribution in [3.63, 3.8) is 0 Å². The van der Waals surface area contributed by atoms with Crippen LogP contribution in [0, 0.1) is 12.7 Å². The van der Waals surface area contributed by atoms with E-state index in [1.165, 1.54) is 12.1 Å². The number of hydrogen-bond acceptors (Lipinski definition) is 5. The van der Waals surface area contributed by atoms with Crippen LogP contribution in [0.5, 0.6) is 0 Å². The molecular weight excluding hydrogens is 315 g/mol. The van der Waals surface area contributed by atoms with E-state index in [4.69, 9.17) is 9.15 Å². The number of nitrogens with zero attached hydrogens (tertiary/aromatic N) is 3. The second-order valence-corrected chi connectivity index (χ2v) is 5.66. The zero-order valence-corrected chi connectivity index (χ0v) is 13.0. The predicted molar refractivity (Wildman–Crippen MR) is 81.9 cm³/mol. The zero-order chi connectivity index (χ0) is 16.7. The van der Waals surface area contributed by atoms with Gasteiger partial charge in [0.1, 0.15) is 17.6 Å². The molecule has 0 aliphatic carbocycles. The first-order valence-corrected chi connectivity index (χ1v) is 7.59. The highest BCUT2D eigenvalue weighted by molar-refractivity contribution is 5.98. The Hall–Kier alpha value is -2.74. The number of halogens is 1. The van der Waals surface area contributed by atoms with Crippen molar-refractivity contribution < 1.29 is 18.3 Å². The quantitative estimate of drug-likeness (QED) is 0.779. The number of aromatic amines is 1. The monoisotopic (exact) mass is 330 g/mol. The fourth-order valence-corrected chi connectivity index (χ4v) is 2.87. The number of morpholine rings is 1. The number of H-pyrrole nitrogens is 1. The van der Waals surface area contributed by atoms with Gasteiger partial charge in [0.05, 0.1) is 13.2 Å². The molecule has 1 fully saturated rings. The summed E-state index contributed by atoms with van der Waals surface area (Å²) in [5.74, 6) is 0.230. The molecule has 8 heteroatoms. The van der Waals surface area contributed by atoms with Crippen LogP contribution in [0.4, 0.5) is 4.39 Å². The third-order valence-corrected chi connectivity index (χ3v) is 4.03. The Morgan fingerprint density at radius 2 is 2.25 bits per heavy atom. The maximum atomic E-state index is 13.3. The van der Waals surface area contributed by atoms with Gasteiger partial charge >= 0.3 is 0 Å². The van der Waals surface area contributed by atoms with Crippen LogP contribution in [0.3, 0.4) is 0 Å². The van der Waals surface area contributed by atoms with Gasteiger partial charge < -0.3 is 19.0 Å². The Morgan fingerprint density at radius 1 is 1.38 bits per heavy atom. The van der Waals surface area contributed by atoms with Crippen molar-refractivity contribution >= 4 is 16.8 Å². The molecule has 7 nitrogen and oxygen atoms in total. The Kier molecular flexibility index (Phi) is 3.53. The second-order valence-electron chi connectivity index (χ2n) is 5.66. The summed E-state index contributed by atoms with van der Waals surface area (Å²) in [6.07, 6.45) is 0. The van der Waals surface area contributed by atoms with E-state index in [0.717, 1.165) is 0 Å². The first-order chi connectivity index (χ1) is 11.6. The van der Waals surface area contributed by atoms with Gasteiger partial charge in [-0.3, -0.25) is 4.79 Å². The van der Waals surface area contributed by atoms with Crippen LogP contribution in [-0.4, -0.2) is 45.7 Å². The average Bonchev–Trinajstić information content (AvgIpc) is 3.20. The molecule has 0 unspecified atom stereocenters. The number of aromatic nitrogens is 3. The van der Waals surface area contributed by atoms with Crippen molar-refractivity contribution in [2.45, 2.75) is 13.0 Å².